The summed E-state index contributed by atoms with van der Waals surface area (Å²) < 4.78 is 33.0. The number of unbranched alkanes of at least 4 members (excludes halogenated alkanes) is 30. The highest BCUT2D eigenvalue weighted by Gasteiger charge is 2.26. The summed E-state index contributed by atoms with van der Waals surface area (Å²) in [7, 11) is -4.39. The highest BCUT2D eigenvalue weighted by atomic mass is 31.2. The molecule has 9 nitrogen and oxygen atoms in total. The van der Waals surface area contributed by atoms with Crippen LogP contribution in [0.1, 0.15) is 258 Å². The number of carbonyl (C=O) groups is 2. The molecular formula is C55H102NO8P. The van der Waals surface area contributed by atoms with Gasteiger partial charge in [0.15, 0.2) is 6.10 Å². The van der Waals surface area contributed by atoms with Crippen LogP contribution >= 0.6 is 7.82 Å². The number of ether oxygens (including phenoxy) is 2. The molecule has 0 spiro atoms. The summed E-state index contributed by atoms with van der Waals surface area (Å²) in [6.45, 7) is 3.74. The van der Waals surface area contributed by atoms with E-state index in [1.54, 1.807) is 0 Å². The van der Waals surface area contributed by atoms with E-state index in [0.29, 0.717) is 6.42 Å². The molecule has 2 atom stereocenters. The Morgan fingerprint density at radius 2 is 0.800 bits per heavy atom. The smallest absolute Gasteiger partial charge is 0.462 e. The third-order valence-corrected chi connectivity index (χ3v) is 12.7. The van der Waals surface area contributed by atoms with Gasteiger partial charge in [-0.25, -0.2) is 4.57 Å². The minimum atomic E-state index is -4.39. The Morgan fingerprint density at radius 3 is 1.20 bits per heavy atom. The SMILES string of the molecule is CCCCCCC/C=C\C/C=C\C/C=C\CCCCCCCCCCC(=O)OC(COC(=O)CCCCCCCCCCC/C=C\CCCCCCCCCC)COP(=O)(O)OCCN. The molecule has 0 aliphatic rings. The minimum absolute atomic E-state index is 0.0510. The molecule has 0 heterocycles. The number of esters is 2. The minimum Gasteiger partial charge on any atom is -0.462 e. The van der Waals surface area contributed by atoms with Crippen LogP contribution in [0.5, 0.6) is 0 Å². The largest absolute Gasteiger partial charge is 0.472 e. The van der Waals surface area contributed by atoms with Gasteiger partial charge in [0.2, 0.25) is 0 Å². The number of hydrogen-bond acceptors (Lipinski definition) is 8. The second-order valence-corrected chi connectivity index (χ2v) is 19.5. The van der Waals surface area contributed by atoms with Gasteiger partial charge in [0.05, 0.1) is 13.2 Å². The molecule has 0 aromatic heterocycles. The Hall–Kier alpha value is -2.03. The van der Waals surface area contributed by atoms with Crippen molar-refractivity contribution in [3.63, 3.8) is 0 Å². The molecular weight excluding hydrogens is 834 g/mol. The first-order valence-corrected chi connectivity index (χ1v) is 28.6. The van der Waals surface area contributed by atoms with Crippen molar-refractivity contribution in [3.8, 4) is 0 Å². The Kier molecular flexibility index (Phi) is 49.8. The molecule has 0 aliphatic carbocycles. The summed E-state index contributed by atoms with van der Waals surface area (Å²) in [4.78, 5) is 35.1. The first-order chi connectivity index (χ1) is 31.8. The fraction of sp³-hybridized carbons (Fsp3) is 0.818. The molecule has 2 unspecified atom stereocenters. The maximum atomic E-state index is 12.7. The molecule has 0 aromatic carbocycles. The number of carbonyl (C=O) groups excluding carboxylic acids is 2. The molecule has 0 radical (unpaired) electrons. The van der Waals surface area contributed by atoms with Crippen LogP contribution in [-0.2, 0) is 32.7 Å². The van der Waals surface area contributed by atoms with E-state index in [4.69, 9.17) is 24.3 Å². The lowest BCUT2D eigenvalue weighted by atomic mass is 10.1. The zero-order valence-corrected chi connectivity index (χ0v) is 43.1. The number of hydrogen-bond donors (Lipinski definition) is 2. The second-order valence-electron chi connectivity index (χ2n) is 18.1. The Balaban J connectivity index is 4.04. The van der Waals surface area contributed by atoms with E-state index in [1.165, 1.54) is 167 Å². The van der Waals surface area contributed by atoms with Crippen molar-refractivity contribution < 1.29 is 37.6 Å². The summed E-state index contributed by atoms with van der Waals surface area (Å²) in [5.41, 5.74) is 5.37. The second kappa shape index (κ2) is 51.4. The number of rotatable bonds is 51. The Bertz CT molecular complexity index is 1200. The fourth-order valence-corrected chi connectivity index (χ4v) is 8.40. The molecule has 65 heavy (non-hydrogen) atoms. The zero-order chi connectivity index (χ0) is 47.4. The molecule has 0 bridgehead atoms. The molecule has 0 saturated heterocycles. The van der Waals surface area contributed by atoms with Crippen LogP contribution in [0.3, 0.4) is 0 Å². The van der Waals surface area contributed by atoms with Crippen LogP contribution in [0.4, 0.5) is 0 Å². The standard InChI is InChI=1S/C55H102NO8P/c1-3-5-7-9-11-13-15-17-19-21-23-25-26-28-30-32-34-36-38-40-42-44-46-48-55(58)64-53(52-63-65(59,60)62-50-49-56)51-61-54(57)47-45-43-41-39-37-35-33-31-29-27-24-22-20-18-16-14-12-10-8-6-4-2/h15,17,21-24,26,28,53H,3-14,16,18-20,25,27,29-52,56H2,1-2H3,(H,59,60)/b17-15-,23-21-,24-22-,28-26-. The van der Waals surface area contributed by atoms with Gasteiger partial charge < -0.3 is 20.1 Å². The van der Waals surface area contributed by atoms with Crippen molar-refractivity contribution in [2.75, 3.05) is 26.4 Å². The Morgan fingerprint density at radius 1 is 0.462 bits per heavy atom. The predicted molar refractivity (Wildman–Crippen MR) is 275 cm³/mol. The van der Waals surface area contributed by atoms with Crippen molar-refractivity contribution in [1.29, 1.82) is 0 Å². The van der Waals surface area contributed by atoms with Crippen molar-refractivity contribution in [2.45, 2.75) is 264 Å². The van der Waals surface area contributed by atoms with Gasteiger partial charge in [-0.15, -0.1) is 0 Å². The van der Waals surface area contributed by atoms with Crippen molar-refractivity contribution >= 4 is 19.8 Å². The van der Waals surface area contributed by atoms with Crippen molar-refractivity contribution in [3.05, 3.63) is 48.6 Å². The zero-order valence-electron chi connectivity index (χ0n) is 42.2. The molecule has 0 amide bonds. The monoisotopic (exact) mass is 936 g/mol. The number of phosphoric acid groups is 1. The average Bonchev–Trinajstić information content (AvgIpc) is 3.30. The summed E-state index contributed by atoms with van der Waals surface area (Å²) in [6, 6.07) is 0. The van der Waals surface area contributed by atoms with E-state index >= 15 is 0 Å². The normalized spacial score (nSPS) is 13.5. The summed E-state index contributed by atoms with van der Waals surface area (Å²) >= 11 is 0. The number of nitrogens with two attached hydrogens (primary N) is 1. The molecule has 0 saturated carbocycles. The van der Waals surface area contributed by atoms with Gasteiger partial charge in [-0.3, -0.25) is 18.6 Å². The molecule has 0 rings (SSSR count). The van der Waals surface area contributed by atoms with Crippen LogP contribution in [0.2, 0.25) is 0 Å². The third-order valence-electron chi connectivity index (χ3n) is 11.7. The quantitative estimate of drug-likeness (QED) is 0.0265. The van der Waals surface area contributed by atoms with E-state index in [1.807, 2.05) is 0 Å². The maximum absolute atomic E-state index is 12.7. The molecule has 3 N–H and O–H groups in total. The van der Waals surface area contributed by atoms with Crippen LogP contribution < -0.4 is 5.73 Å². The van der Waals surface area contributed by atoms with E-state index in [2.05, 4.69) is 62.5 Å². The summed E-state index contributed by atoms with van der Waals surface area (Å²) in [5.74, 6) is -0.832. The van der Waals surface area contributed by atoms with E-state index in [9.17, 15) is 19.0 Å². The van der Waals surface area contributed by atoms with Gasteiger partial charge in [0, 0.05) is 19.4 Å². The number of allylic oxidation sites excluding steroid dienone is 8. The van der Waals surface area contributed by atoms with E-state index < -0.39 is 26.5 Å². The third kappa shape index (κ3) is 51.2. The van der Waals surface area contributed by atoms with Gasteiger partial charge in [-0.2, -0.15) is 0 Å². The highest BCUT2D eigenvalue weighted by Crippen LogP contribution is 2.43. The van der Waals surface area contributed by atoms with E-state index in [-0.39, 0.29) is 38.6 Å². The summed E-state index contributed by atoms with van der Waals surface area (Å²) in [6.07, 6.45) is 61.5. The van der Waals surface area contributed by atoms with Crippen molar-refractivity contribution in [2.24, 2.45) is 5.73 Å². The topological polar surface area (TPSA) is 134 Å². The van der Waals surface area contributed by atoms with Crippen LogP contribution in [0, 0.1) is 0 Å². The highest BCUT2D eigenvalue weighted by molar-refractivity contribution is 7.47. The lowest BCUT2D eigenvalue weighted by Gasteiger charge is -2.19. The first kappa shape index (κ1) is 63.0. The van der Waals surface area contributed by atoms with Gasteiger partial charge in [0.1, 0.15) is 6.61 Å². The van der Waals surface area contributed by atoms with E-state index in [0.717, 1.165) is 57.8 Å². The fourth-order valence-electron chi connectivity index (χ4n) is 7.64. The van der Waals surface area contributed by atoms with Crippen molar-refractivity contribution in [1.82, 2.24) is 0 Å². The lowest BCUT2D eigenvalue weighted by Crippen LogP contribution is -2.29. The number of phosphoric ester groups is 1. The maximum Gasteiger partial charge on any atom is 0.472 e. The van der Waals surface area contributed by atoms with Gasteiger partial charge in [0.25, 0.3) is 0 Å². The predicted octanol–water partition coefficient (Wildman–Crippen LogP) is 16.6. The molecule has 0 fully saturated rings. The Labute approximate surface area is 400 Å². The van der Waals surface area contributed by atoms with Gasteiger partial charge in [-0.05, 0) is 77.0 Å². The summed E-state index contributed by atoms with van der Waals surface area (Å²) in [5, 5.41) is 0. The van der Waals surface area contributed by atoms with Gasteiger partial charge >= 0.3 is 19.8 Å². The van der Waals surface area contributed by atoms with Crippen LogP contribution in [0.25, 0.3) is 0 Å². The first-order valence-electron chi connectivity index (χ1n) is 27.1. The molecule has 0 aliphatic heterocycles. The average molecular weight is 936 g/mol. The molecule has 380 valence electrons. The van der Waals surface area contributed by atoms with Crippen LogP contribution in [-0.4, -0.2) is 49.3 Å². The van der Waals surface area contributed by atoms with Gasteiger partial charge in [-0.1, -0.05) is 217 Å². The van der Waals surface area contributed by atoms with Crippen LogP contribution in [0.15, 0.2) is 48.6 Å². The lowest BCUT2D eigenvalue weighted by molar-refractivity contribution is -0.161. The molecule has 0 aromatic rings. The molecule has 10 heteroatoms.